The Morgan fingerprint density at radius 1 is 1.28 bits per heavy atom. The van der Waals surface area contributed by atoms with Crippen LogP contribution in [0.2, 0.25) is 0 Å². The molecule has 0 aliphatic carbocycles. The number of hydrogen-bond acceptors (Lipinski definition) is 9. The van der Waals surface area contributed by atoms with Crippen molar-refractivity contribution in [3.63, 3.8) is 0 Å². The van der Waals surface area contributed by atoms with Crippen LogP contribution in [0.15, 0.2) is 24.4 Å². The van der Waals surface area contributed by atoms with E-state index in [1.54, 1.807) is 4.52 Å². The first-order valence-corrected chi connectivity index (χ1v) is 13.4. The van der Waals surface area contributed by atoms with Gasteiger partial charge in [-0.1, -0.05) is 12.1 Å². The number of ether oxygens (including phenoxy) is 2. The topological polar surface area (TPSA) is 132 Å². The van der Waals surface area contributed by atoms with E-state index >= 15 is 0 Å². The zero-order chi connectivity index (χ0) is 26.9. The molecule has 39 heavy (non-hydrogen) atoms. The Kier molecular flexibility index (Phi) is 6.83. The molecule has 2 atom stereocenters. The Bertz CT molecular complexity index is 1420. The fourth-order valence-electron chi connectivity index (χ4n) is 5.88. The van der Waals surface area contributed by atoms with Crippen LogP contribution in [-0.4, -0.2) is 99.1 Å². The van der Waals surface area contributed by atoms with E-state index in [9.17, 15) is 15.2 Å². The van der Waals surface area contributed by atoms with E-state index in [1.807, 2.05) is 23.2 Å². The lowest BCUT2D eigenvalue weighted by molar-refractivity contribution is 0.119. The number of benzene rings is 1. The number of anilines is 1. The quantitative estimate of drug-likeness (QED) is 0.483. The third-order valence-electron chi connectivity index (χ3n) is 8.04. The number of aromatic nitrogens is 4. The van der Waals surface area contributed by atoms with Gasteiger partial charge in [0.15, 0.2) is 11.5 Å². The van der Waals surface area contributed by atoms with Gasteiger partial charge in [-0.3, -0.25) is 0 Å². The van der Waals surface area contributed by atoms with Crippen molar-refractivity contribution >= 4 is 17.6 Å². The van der Waals surface area contributed by atoms with Crippen LogP contribution in [0.4, 0.5) is 10.6 Å². The molecule has 3 aromatic rings. The first kappa shape index (κ1) is 25.2. The van der Waals surface area contributed by atoms with E-state index < -0.39 is 12.1 Å². The van der Waals surface area contributed by atoms with Gasteiger partial charge in [0, 0.05) is 44.1 Å². The molecule has 1 N–H and O–H groups in total. The van der Waals surface area contributed by atoms with Gasteiger partial charge < -0.3 is 29.3 Å². The van der Waals surface area contributed by atoms with Gasteiger partial charge in [-0.15, -0.1) is 5.10 Å². The number of piperazine rings is 1. The van der Waals surface area contributed by atoms with E-state index in [4.69, 9.17) is 24.5 Å². The van der Waals surface area contributed by atoms with Gasteiger partial charge in [-0.2, -0.15) is 10.2 Å². The average Bonchev–Trinajstić information content (AvgIpc) is 3.68. The summed E-state index contributed by atoms with van der Waals surface area (Å²) in [5.74, 6) is 1.52. The summed E-state index contributed by atoms with van der Waals surface area (Å²) in [6, 6.07) is 8.35. The Balaban J connectivity index is 1.35. The monoisotopic (exact) mass is 532 g/mol. The molecule has 6 rings (SSSR count). The number of imidazole rings is 1. The van der Waals surface area contributed by atoms with Crippen molar-refractivity contribution in [2.75, 3.05) is 51.3 Å². The largest absolute Gasteiger partial charge is 0.493 e. The second kappa shape index (κ2) is 10.6. The number of carbonyl (C=O) groups is 1. The molecule has 0 spiro atoms. The molecule has 1 amide bonds. The highest BCUT2D eigenvalue weighted by atomic mass is 16.5. The van der Waals surface area contributed by atoms with E-state index in [0.29, 0.717) is 50.2 Å². The normalized spacial score (nSPS) is 21.1. The second-order valence-corrected chi connectivity index (χ2v) is 10.4. The maximum atomic E-state index is 11.8. The van der Waals surface area contributed by atoms with Crippen LogP contribution < -0.4 is 14.4 Å². The van der Waals surface area contributed by atoms with Gasteiger partial charge in [0.05, 0.1) is 37.0 Å². The van der Waals surface area contributed by atoms with Gasteiger partial charge in [-0.05, 0) is 38.1 Å². The molecule has 2 saturated heterocycles. The Morgan fingerprint density at radius 2 is 2.18 bits per heavy atom. The Hall–Kier alpha value is -4.11. The van der Waals surface area contributed by atoms with Crippen LogP contribution in [0.5, 0.6) is 11.8 Å². The maximum absolute atomic E-state index is 11.8. The SMILES string of the molecule is CN1CCCC1COc1nc(N2CCN(C(=O)O)C(CC#N)C2)c2ncc(Cc3cccc4c3CCO4)n2n1. The molecule has 204 valence electrons. The third kappa shape index (κ3) is 4.90. The molecular formula is C27H32N8O4. The standard InChI is InChI=1S/C27H32N8O4/c1-32-10-3-5-20(32)17-39-26-30-25(33-11-12-34(27(36)37)19(16-33)7-9-28)24-29-15-21(35(24)31-26)14-18-4-2-6-23-22(18)8-13-38-23/h2,4,6,15,19-20H,3,5,7-8,10-14,16-17H2,1H3,(H,36,37). The highest BCUT2D eigenvalue weighted by Gasteiger charge is 2.33. The van der Waals surface area contributed by atoms with Crippen LogP contribution in [0.3, 0.4) is 0 Å². The molecule has 12 nitrogen and oxygen atoms in total. The van der Waals surface area contributed by atoms with Crippen LogP contribution in [-0.2, 0) is 12.8 Å². The summed E-state index contributed by atoms with van der Waals surface area (Å²) in [5, 5.41) is 23.7. The second-order valence-electron chi connectivity index (χ2n) is 10.4. The molecule has 0 radical (unpaired) electrons. The minimum absolute atomic E-state index is 0.0996. The lowest BCUT2D eigenvalue weighted by atomic mass is 10.0. The predicted octanol–water partition coefficient (Wildman–Crippen LogP) is 2.21. The number of carboxylic acid groups (broad SMARTS) is 1. The van der Waals surface area contributed by atoms with E-state index in [2.05, 4.69) is 24.1 Å². The molecule has 3 aliphatic rings. The first-order valence-electron chi connectivity index (χ1n) is 13.4. The third-order valence-corrected chi connectivity index (χ3v) is 8.04. The summed E-state index contributed by atoms with van der Waals surface area (Å²) in [5.41, 5.74) is 3.87. The molecule has 3 aliphatic heterocycles. The molecule has 2 fully saturated rings. The molecule has 0 saturated carbocycles. The van der Waals surface area contributed by atoms with Crippen LogP contribution in [0.25, 0.3) is 5.65 Å². The fraction of sp³-hybridized carbons (Fsp3) is 0.519. The minimum Gasteiger partial charge on any atom is -0.493 e. The smallest absolute Gasteiger partial charge is 0.407 e. The van der Waals surface area contributed by atoms with Gasteiger partial charge >= 0.3 is 12.1 Å². The molecule has 5 heterocycles. The van der Waals surface area contributed by atoms with E-state index in [0.717, 1.165) is 37.3 Å². The number of nitriles is 1. The summed E-state index contributed by atoms with van der Waals surface area (Å²) in [4.78, 5) is 26.9. The van der Waals surface area contributed by atoms with Gasteiger partial charge in [0.1, 0.15) is 12.4 Å². The zero-order valence-corrected chi connectivity index (χ0v) is 22.0. The lowest BCUT2D eigenvalue weighted by Gasteiger charge is -2.39. The Labute approximate surface area is 226 Å². The number of likely N-dealkylation sites (tertiary alicyclic amines) is 1. The number of likely N-dealkylation sites (N-methyl/N-ethyl adjacent to an activating group) is 1. The van der Waals surface area contributed by atoms with Gasteiger partial charge in [-0.25, -0.2) is 14.3 Å². The zero-order valence-electron chi connectivity index (χ0n) is 22.0. The number of amides is 1. The van der Waals surface area contributed by atoms with Crippen LogP contribution in [0, 0.1) is 11.3 Å². The first-order chi connectivity index (χ1) is 19.0. The van der Waals surface area contributed by atoms with E-state index in [-0.39, 0.29) is 19.0 Å². The van der Waals surface area contributed by atoms with Crippen LogP contribution >= 0.6 is 0 Å². The Morgan fingerprint density at radius 3 is 2.97 bits per heavy atom. The molecule has 2 aromatic heterocycles. The van der Waals surface area contributed by atoms with Gasteiger partial charge in [0.2, 0.25) is 0 Å². The van der Waals surface area contributed by atoms with Crippen molar-refractivity contribution in [3.05, 3.63) is 41.2 Å². The highest BCUT2D eigenvalue weighted by Crippen LogP contribution is 2.31. The number of nitrogens with zero attached hydrogens (tertiary/aromatic N) is 8. The molecule has 12 heteroatoms. The summed E-state index contributed by atoms with van der Waals surface area (Å²) in [7, 11) is 2.10. The van der Waals surface area contributed by atoms with Crippen molar-refractivity contribution in [3.8, 4) is 17.8 Å². The van der Waals surface area contributed by atoms with Crippen molar-refractivity contribution in [1.29, 1.82) is 5.26 Å². The lowest BCUT2D eigenvalue weighted by Crippen LogP contribution is -2.55. The van der Waals surface area contributed by atoms with Crippen molar-refractivity contribution in [2.45, 2.75) is 44.2 Å². The van der Waals surface area contributed by atoms with Gasteiger partial charge in [0.25, 0.3) is 0 Å². The number of rotatable bonds is 7. The summed E-state index contributed by atoms with van der Waals surface area (Å²) < 4.78 is 13.7. The molecule has 0 bridgehead atoms. The average molecular weight is 533 g/mol. The molecule has 1 aromatic carbocycles. The number of fused-ring (bicyclic) bond motifs is 2. The summed E-state index contributed by atoms with van der Waals surface area (Å²) in [6.45, 7) is 3.25. The van der Waals surface area contributed by atoms with Crippen molar-refractivity contribution < 1.29 is 19.4 Å². The minimum atomic E-state index is -1.02. The predicted molar refractivity (Wildman–Crippen MR) is 141 cm³/mol. The maximum Gasteiger partial charge on any atom is 0.407 e. The molecular weight excluding hydrogens is 500 g/mol. The van der Waals surface area contributed by atoms with Crippen molar-refractivity contribution in [1.82, 2.24) is 29.4 Å². The highest BCUT2D eigenvalue weighted by molar-refractivity contribution is 5.68. The van der Waals surface area contributed by atoms with E-state index in [1.165, 1.54) is 16.0 Å². The summed E-state index contributed by atoms with van der Waals surface area (Å²) in [6.07, 6.45) is 4.60. The summed E-state index contributed by atoms with van der Waals surface area (Å²) >= 11 is 0. The van der Waals surface area contributed by atoms with Crippen molar-refractivity contribution in [2.24, 2.45) is 0 Å². The molecule has 2 unspecified atom stereocenters. The fourth-order valence-corrected chi connectivity index (χ4v) is 5.88. The van der Waals surface area contributed by atoms with Crippen LogP contribution in [0.1, 0.15) is 36.1 Å². The number of hydrogen-bond donors (Lipinski definition) is 1.